The molecule has 2 nitrogen and oxygen atoms in total. The van der Waals surface area contributed by atoms with Crippen LogP contribution in [0.2, 0.25) is 0 Å². The molecule has 0 aliphatic heterocycles. The van der Waals surface area contributed by atoms with Crippen molar-refractivity contribution < 1.29 is 5.11 Å². The molecule has 98 valence electrons. The van der Waals surface area contributed by atoms with Gasteiger partial charge in [0.2, 0.25) is 0 Å². The maximum absolute atomic E-state index is 10.4. The largest absolute Gasteiger partial charge is 0.508 e. The van der Waals surface area contributed by atoms with Crippen LogP contribution in [0.25, 0.3) is 0 Å². The van der Waals surface area contributed by atoms with Gasteiger partial charge in [-0.1, -0.05) is 25.3 Å². The molecule has 0 saturated heterocycles. The highest BCUT2D eigenvalue weighted by Crippen LogP contribution is 2.44. The fourth-order valence-electron chi connectivity index (χ4n) is 3.85. The summed E-state index contributed by atoms with van der Waals surface area (Å²) in [5.74, 6) is 0.489. The summed E-state index contributed by atoms with van der Waals surface area (Å²) in [5, 5.41) is 10.4. The molecule has 0 heterocycles. The van der Waals surface area contributed by atoms with Gasteiger partial charge in [0.1, 0.15) is 5.75 Å². The van der Waals surface area contributed by atoms with Gasteiger partial charge in [0.25, 0.3) is 0 Å². The van der Waals surface area contributed by atoms with Crippen LogP contribution in [0.1, 0.15) is 55.2 Å². The van der Waals surface area contributed by atoms with Gasteiger partial charge < -0.3 is 10.8 Å². The Morgan fingerprint density at radius 1 is 1.00 bits per heavy atom. The molecule has 0 unspecified atom stereocenters. The van der Waals surface area contributed by atoms with Gasteiger partial charge in [0.05, 0.1) is 0 Å². The third-order valence-electron chi connectivity index (χ3n) is 4.98. The number of aryl methyl sites for hydroxylation is 2. The van der Waals surface area contributed by atoms with E-state index in [1.807, 2.05) is 6.07 Å². The first-order valence-corrected chi connectivity index (χ1v) is 7.30. The Morgan fingerprint density at radius 2 is 1.67 bits per heavy atom. The van der Waals surface area contributed by atoms with Gasteiger partial charge in [-0.15, -0.1) is 0 Å². The minimum absolute atomic E-state index is 0.0416. The van der Waals surface area contributed by atoms with Crippen molar-refractivity contribution in [1.82, 2.24) is 0 Å². The average Bonchev–Trinajstić information content (AvgIpc) is 2.85. The number of aromatic hydroxyl groups is 1. The fourth-order valence-corrected chi connectivity index (χ4v) is 3.85. The zero-order valence-electron chi connectivity index (χ0n) is 11.0. The first-order valence-electron chi connectivity index (χ1n) is 7.30. The van der Waals surface area contributed by atoms with Gasteiger partial charge in [-0.3, -0.25) is 0 Å². The normalized spacial score (nSPS) is 21.8. The second kappa shape index (κ2) is 4.58. The highest BCUT2D eigenvalue weighted by Gasteiger charge is 2.35. The molecular formula is C16H23NO. The predicted molar refractivity (Wildman–Crippen MR) is 73.9 cm³/mol. The SMILES string of the molecule is NCC1(c2cc3c(cc2O)CCC3)CCCCC1. The molecule has 2 aliphatic carbocycles. The van der Waals surface area contributed by atoms with Crippen LogP contribution in [0, 0.1) is 0 Å². The van der Waals surface area contributed by atoms with Crippen LogP contribution >= 0.6 is 0 Å². The van der Waals surface area contributed by atoms with E-state index in [4.69, 9.17) is 5.73 Å². The minimum atomic E-state index is 0.0416. The molecule has 3 rings (SSSR count). The van der Waals surface area contributed by atoms with E-state index < -0.39 is 0 Å². The van der Waals surface area contributed by atoms with Crippen molar-refractivity contribution in [3.63, 3.8) is 0 Å². The molecule has 18 heavy (non-hydrogen) atoms. The number of phenols is 1. The summed E-state index contributed by atoms with van der Waals surface area (Å²) in [7, 11) is 0. The Hall–Kier alpha value is -1.02. The van der Waals surface area contributed by atoms with E-state index >= 15 is 0 Å². The van der Waals surface area contributed by atoms with Crippen molar-refractivity contribution in [1.29, 1.82) is 0 Å². The Kier molecular flexibility index (Phi) is 3.06. The second-order valence-corrected chi connectivity index (χ2v) is 6.04. The Bertz CT molecular complexity index is 447. The smallest absolute Gasteiger partial charge is 0.119 e. The molecule has 0 aromatic heterocycles. The van der Waals surface area contributed by atoms with Crippen LogP contribution in [0.3, 0.4) is 0 Å². The lowest BCUT2D eigenvalue weighted by Gasteiger charge is -2.37. The third-order valence-corrected chi connectivity index (χ3v) is 4.98. The molecule has 2 heteroatoms. The number of hydrogen-bond donors (Lipinski definition) is 2. The molecule has 0 bridgehead atoms. The summed E-state index contributed by atoms with van der Waals surface area (Å²) in [6.45, 7) is 0.666. The summed E-state index contributed by atoms with van der Waals surface area (Å²) in [4.78, 5) is 0. The summed E-state index contributed by atoms with van der Waals surface area (Å²) in [6.07, 6.45) is 9.59. The monoisotopic (exact) mass is 245 g/mol. The van der Waals surface area contributed by atoms with Gasteiger partial charge in [0, 0.05) is 17.5 Å². The average molecular weight is 245 g/mol. The zero-order valence-corrected chi connectivity index (χ0v) is 11.0. The van der Waals surface area contributed by atoms with Crippen molar-refractivity contribution in [3.8, 4) is 5.75 Å². The number of benzene rings is 1. The lowest BCUT2D eigenvalue weighted by molar-refractivity contribution is 0.290. The Labute approximate surface area is 109 Å². The Morgan fingerprint density at radius 3 is 2.33 bits per heavy atom. The van der Waals surface area contributed by atoms with Gasteiger partial charge >= 0.3 is 0 Å². The van der Waals surface area contributed by atoms with Gasteiger partial charge in [-0.25, -0.2) is 0 Å². The lowest BCUT2D eigenvalue weighted by Crippen LogP contribution is -2.37. The zero-order chi connectivity index (χ0) is 12.6. The van der Waals surface area contributed by atoms with Crippen molar-refractivity contribution in [3.05, 3.63) is 28.8 Å². The van der Waals surface area contributed by atoms with Crippen LogP contribution in [0.5, 0.6) is 5.75 Å². The number of rotatable bonds is 2. The number of hydrogen-bond acceptors (Lipinski definition) is 2. The van der Waals surface area contributed by atoms with Gasteiger partial charge in [0.15, 0.2) is 0 Å². The fraction of sp³-hybridized carbons (Fsp3) is 0.625. The summed E-state index contributed by atoms with van der Waals surface area (Å²) < 4.78 is 0. The second-order valence-electron chi connectivity index (χ2n) is 6.04. The van der Waals surface area contributed by atoms with Crippen LogP contribution in [0.4, 0.5) is 0 Å². The maximum atomic E-state index is 10.4. The topological polar surface area (TPSA) is 46.2 Å². The number of phenolic OH excluding ortho intramolecular Hbond substituents is 1. The third kappa shape index (κ3) is 1.83. The first-order chi connectivity index (χ1) is 8.75. The number of nitrogens with two attached hydrogens (primary N) is 1. The maximum Gasteiger partial charge on any atom is 0.119 e. The van der Waals surface area contributed by atoms with Gasteiger partial charge in [-0.2, -0.15) is 0 Å². The molecule has 0 atom stereocenters. The van der Waals surface area contributed by atoms with Crippen molar-refractivity contribution >= 4 is 0 Å². The van der Waals surface area contributed by atoms with E-state index in [1.54, 1.807) is 0 Å². The van der Waals surface area contributed by atoms with E-state index in [9.17, 15) is 5.11 Å². The molecule has 1 fully saturated rings. The van der Waals surface area contributed by atoms with Gasteiger partial charge in [-0.05, 0) is 49.3 Å². The van der Waals surface area contributed by atoms with E-state index in [1.165, 1.54) is 43.2 Å². The molecular weight excluding hydrogens is 222 g/mol. The summed E-state index contributed by atoms with van der Waals surface area (Å²) in [6, 6.07) is 4.26. The standard InChI is InChI=1S/C16H23NO/c17-11-16(7-2-1-3-8-16)14-9-12-5-4-6-13(12)10-15(14)18/h9-10,18H,1-8,11,17H2. The van der Waals surface area contributed by atoms with Crippen LogP contribution in [-0.4, -0.2) is 11.7 Å². The summed E-state index contributed by atoms with van der Waals surface area (Å²) >= 11 is 0. The quantitative estimate of drug-likeness (QED) is 0.841. The lowest BCUT2D eigenvalue weighted by atomic mass is 9.68. The van der Waals surface area contributed by atoms with Crippen LogP contribution in [0.15, 0.2) is 12.1 Å². The van der Waals surface area contributed by atoms with E-state index in [0.717, 1.165) is 24.8 Å². The molecule has 0 amide bonds. The van der Waals surface area contributed by atoms with Crippen molar-refractivity contribution in [2.24, 2.45) is 5.73 Å². The molecule has 1 aromatic carbocycles. The highest BCUT2D eigenvalue weighted by atomic mass is 16.3. The molecule has 1 aromatic rings. The molecule has 0 spiro atoms. The van der Waals surface area contributed by atoms with Crippen molar-refractivity contribution in [2.45, 2.75) is 56.8 Å². The van der Waals surface area contributed by atoms with Crippen LogP contribution < -0.4 is 5.73 Å². The van der Waals surface area contributed by atoms with E-state index in [2.05, 4.69) is 6.07 Å². The first kappa shape index (κ1) is 12.0. The highest BCUT2D eigenvalue weighted by molar-refractivity contribution is 5.48. The van der Waals surface area contributed by atoms with E-state index in [0.29, 0.717) is 12.3 Å². The Balaban J connectivity index is 2.04. The number of fused-ring (bicyclic) bond motifs is 1. The van der Waals surface area contributed by atoms with Crippen LogP contribution in [-0.2, 0) is 18.3 Å². The molecule has 0 radical (unpaired) electrons. The minimum Gasteiger partial charge on any atom is -0.508 e. The van der Waals surface area contributed by atoms with E-state index in [-0.39, 0.29) is 5.41 Å². The summed E-state index contributed by atoms with van der Waals surface area (Å²) in [5.41, 5.74) is 10.0. The predicted octanol–water partition coefficient (Wildman–Crippen LogP) is 3.04. The van der Waals surface area contributed by atoms with Crippen molar-refractivity contribution in [2.75, 3.05) is 6.54 Å². The molecule has 2 aliphatic rings. The molecule has 3 N–H and O–H groups in total. The molecule has 1 saturated carbocycles.